The number of nitrogens with one attached hydrogen (secondary N) is 1. The lowest BCUT2D eigenvalue weighted by Crippen LogP contribution is -2.35. The van der Waals surface area contributed by atoms with Crippen molar-refractivity contribution in [3.63, 3.8) is 0 Å². The minimum atomic E-state index is -0.0934. The van der Waals surface area contributed by atoms with Crippen LogP contribution in [0.4, 0.5) is 0 Å². The van der Waals surface area contributed by atoms with E-state index in [9.17, 15) is 9.59 Å². The van der Waals surface area contributed by atoms with Gasteiger partial charge in [-0.25, -0.2) is 0 Å². The first-order valence-electron chi connectivity index (χ1n) is 7.75. The first kappa shape index (κ1) is 16.3. The van der Waals surface area contributed by atoms with Crippen molar-refractivity contribution in [1.29, 1.82) is 0 Å². The zero-order valence-corrected chi connectivity index (χ0v) is 13.9. The van der Waals surface area contributed by atoms with Gasteiger partial charge in [0.25, 0.3) is 5.91 Å². The van der Waals surface area contributed by atoms with Crippen molar-refractivity contribution in [3.8, 4) is 0 Å². The molecule has 0 unspecified atom stereocenters. The van der Waals surface area contributed by atoms with E-state index in [0.717, 1.165) is 6.54 Å². The van der Waals surface area contributed by atoms with Gasteiger partial charge in [-0.15, -0.1) is 0 Å². The fraction of sp³-hybridized carbons (Fsp3) is 0.562. The Morgan fingerprint density at radius 1 is 1.39 bits per heavy atom. The first-order valence-corrected chi connectivity index (χ1v) is 9.15. The van der Waals surface area contributed by atoms with E-state index in [2.05, 4.69) is 10.3 Å². The second-order valence-corrected chi connectivity index (χ2v) is 6.84. The number of fused-ring (bicyclic) bond motifs is 1. The average Bonchev–Trinajstić information content (AvgIpc) is 3.14. The monoisotopic (exact) mass is 335 g/mol. The number of carbonyl (C=O) groups is 2. The minimum Gasteiger partial charge on any atom is -0.376 e. The van der Waals surface area contributed by atoms with Gasteiger partial charge in [-0.3, -0.25) is 14.6 Å². The van der Waals surface area contributed by atoms with E-state index in [4.69, 9.17) is 4.74 Å². The fourth-order valence-corrected chi connectivity index (χ4v) is 3.69. The topological polar surface area (TPSA) is 71.5 Å². The van der Waals surface area contributed by atoms with Gasteiger partial charge >= 0.3 is 0 Å². The zero-order valence-electron chi connectivity index (χ0n) is 13.1. The van der Waals surface area contributed by atoms with Crippen molar-refractivity contribution in [1.82, 2.24) is 15.2 Å². The van der Waals surface area contributed by atoms with Crippen LogP contribution in [0, 0.1) is 11.8 Å². The summed E-state index contributed by atoms with van der Waals surface area (Å²) in [6, 6.07) is 3.39. The number of amides is 2. The van der Waals surface area contributed by atoms with Crippen LogP contribution in [0.15, 0.2) is 24.5 Å². The van der Waals surface area contributed by atoms with Gasteiger partial charge in [-0.1, -0.05) is 0 Å². The standard InChI is InChI=1S/C16H21N3O3S/c1-23-10-15(20)19-7-13-12(9-22-14(13)8-19)6-18-16(21)11-2-4-17-5-3-11/h2-5,12-14H,6-10H2,1H3,(H,18,21)/t12-,13+,14+/m0/s1. The molecule has 124 valence electrons. The van der Waals surface area contributed by atoms with Crippen LogP contribution in [0.5, 0.6) is 0 Å². The van der Waals surface area contributed by atoms with E-state index in [1.165, 1.54) is 0 Å². The fourth-order valence-electron chi connectivity index (χ4n) is 3.26. The van der Waals surface area contributed by atoms with E-state index in [1.54, 1.807) is 36.3 Å². The number of ether oxygens (including phenoxy) is 1. The molecule has 7 heteroatoms. The third-order valence-electron chi connectivity index (χ3n) is 4.53. The quantitative estimate of drug-likeness (QED) is 0.855. The first-order chi connectivity index (χ1) is 11.2. The number of rotatable bonds is 5. The molecule has 2 saturated heterocycles. The summed E-state index contributed by atoms with van der Waals surface area (Å²) in [6.07, 6.45) is 5.26. The van der Waals surface area contributed by atoms with Crippen LogP contribution < -0.4 is 5.32 Å². The Kier molecular flexibility index (Phi) is 5.17. The third kappa shape index (κ3) is 3.67. The highest BCUT2D eigenvalue weighted by Gasteiger charge is 2.44. The Labute approximate surface area is 140 Å². The van der Waals surface area contributed by atoms with Gasteiger partial charge in [-0.05, 0) is 18.4 Å². The van der Waals surface area contributed by atoms with Crippen molar-refractivity contribution in [2.24, 2.45) is 11.8 Å². The molecule has 0 aromatic carbocycles. The Bertz CT molecular complexity index is 569. The van der Waals surface area contributed by atoms with Crippen LogP contribution in [0.2, 0.25) is 0 Å². The van der Waals surface area contributed by atoms with Crippen LogP contribution in [0.3, 0.4) is 0 Å². The molecule has 0 spiro atoms. The molecule has 1 aromatic heterocycles. The summed E-state index contributed by atoms with van der Waals surface area (Å²) in [7, 11) is 0. The normalized spacial score (nSPS) is 26.1. The highest BCUT2D eigenvalue weighted by molar-refractivity contribution is 7.99. The molecule has 23 heavy (non-hydrogen) atoms. The molecule has 0 saturated carbocycles. The summed E-state index contributed by atoms with van der Waals surface area (Å²) in [6.45, 7) is 2.64. The molecule has 3 heterocycles. The molecule has 2 amide bonds. The third-order valence-corrected chi connectivity index (χ3v) is 5.06. The van der Waals surface area contributed by atoms with Crippen LogP contribution in [-0.2, 0) is 9.53 Å². The lowest BCUT2D eigenvalue weighted by Gasteiger charge is -2.20. The Morgan fingerprint density at radius 2 is 2.17 bits per heavy atom. The molecule has 0 aliphatic carbocycles. The Hall–Kier alpha value is -1.60. The van der Waals surface area contributed by atoms with Crippen LogP contribution >= 0.6 is 11.8 Å². The summed E-state index contributed by atoms with van der Waals surface area (Å²) in [5, 5.41) is 2.97. The molecular formula is C16H21N3O3S. The molecule has 1 aromatic rings. The summed E-state index contributed by atoms with van der Waals surface area (Å²) in [5.41, 5.74) is 0.610. The molecule has 6 nitrogen and oxygen atoms in total. The predicted octanol–water partition coefficient (Wildman–Crippen LogP) is 0.648. The maximum Gasteiger partial charge on any atom is 0.251 e. The highest BCUT2D eigenvalue weighted by Crippen LogP contribution is 2.33. The number of pyridine rings is 1. The summed E-state index contributed by atoms with van der Waals surface area (Å²) in [5.74, 6) is 1.18. The van der Waals surface area contributed by atoms with E-state index < -0.39 is 0 Å². The molecule has 2 aliphatic heterocycles. The second kappa shape index (κ2) is 7.31. The molecule has 2 fully saturated rings. The molecule has 1 N–H and O–H groups in total. The lowest BCUT2D eigenvalue weighted by atomic mass is 9.93. The van der Waals surface area contributed by atoms with Gasteiger partial charge in [0.05, 0.1) is 18.5 Å². The Balaban J connectivity index is 1.52. The molecule has 3 atom stereocenters. The predicted molar refractivity (Wildman–Crippen MR) is 88.3 cm³/mol. The molecule has 2 aliphatic rings. The molecular weight excluding hydrogens is 314 g/mol. The van der Waals surface area contributed by atoms with Gasteiger partial charge in [0.2, 0.25) is 5.91 Å². The Morgan fingerprint density at radius 3 is 2.91 bits per heavy atom. The largest absolute Gasteiger partial charge is 0.376 e. The zero-order chi connectivity index (χ0) is 16.2. The van der Waals surface area contributed by atoms with Crippen molar-refractivity contribution < 1.29 is 14.3 Å². The SMILES string of the molecule is CSCC(=O)N1C[C@@H]2[C@@H](CNC(=O)c3ccncc3)CO[C@@H]2C1. The summed E-state index contributed by atoms with van der Waals surface area (Å²) >= 11 is 1.54. The van der Waals surface area contributed by atoms with Gasteiger partial charge in [0.1, 0.15) is 0 Å². The van der Waals surface area contributed by atoms with Crippen LogP contribution in [0.25, 0.3) is 0 Å². The molecule has 0 bridgehead atoms. The number of aromatic nitrogens is 1. The van der Waals surface area contributed by atoms with Crippen molar-refractivity contribution >= 4 is 23.6 Å². The van der Waals surface area contributed by atoms with E-state index in [1.807, 2.05) is 11.2 Å². The maximum absolute atomic E-state index is 12.1. The van der Waals surface area contributed by atoms with Crippen LogP contribution in [-0.4, -0.2) is 66.1 Å². The van der Waals surface area contributed by atoms with Gasteiger partial charge < -0.3 is 15.0 Å². The van der Waals surface area contributed by atoms with Gasteiger partial charge in [0, 0.05) is 49.4 Å². The van der Waals surface area contributed by atoms with E-state index in [0.29, 0.717) is 36.9 Å². The smallest absolute Gasteiger partial charge is 0.251 e. The van der Waals surface area contributed by atoms with Gasteiger partial charge in [0.15, 0.2) is 0 Å². The number of carbonyl (C=O) groups excluding carboxylic acids is 2. The second-order valence-electron chi connectivity index (χ2n) is 5.97. The summed E-state index contributed by atoms with van der Waals surface area (Å²) in [4.78, 5) is 29.9. The van der Waals surface area contributed by atoms with Crippen molar-refractivity contribution in [2.45, 2.75) is 6.10 Å². The summed E-state index contributed by atoms with van der Waals surface area (Å²) < 4.78 is 5.82. The molecule has 0 radical (unpaired) electrons. The number of thioether (sulfide) groups is 1. The van der Waals surface area contributed by atoms with Crippen molar-refractivity contribution in [3.05, 3.63) is 30.1 Å². The molecule has 3 rings (SSSR count). The van der Waals surface area contributed by atoms with Crippen LogP contribution in [0.1, 0.15) is 10.4 Å². The van der Waals surface area contributed by atoms with E-state index in [-0.39, 0.29) is 23.8 Å². The average molecular weight is 335 g/mol. The number of hydrogen-bond acceptors (Lipinski definition) is 5. The number of nitrogens with zero attached hydrogens (tertiary/aromatic N) is 2. The number of likely N-dealkylation sites (tertiary alicyclic amines) is 1. The maximum atomic E-state index is 12.1. The minimum absolute atomic E-state index is 0.0934. The van der Waals surface area contributed by atoms with Crippen molar-refractivity contribution in [2.75, 3.05) is 38.2 Å². The van der Waals surface area contributed by atoms with Gasteiger partial charge in [-0.2, -0.15) is 11.8 Å². The highest BCUT2D eigenvalue weighted by atomic mass is 32.2. The lowest BCUT2D eigenvalue weighted by molar-refractivity contribution is -0.128. The number of hydrogen-bond donors (Lipinski definition) is 1. The van der Waals surface area contributed by atoms with E-state index >= 15 is 0 Å².